The van der Waals surface area contributed by atoms with Crippen molar-refractivity contribution in [1.82, 2.24) is 0 Å². The molecule has 19 heavy (non-hydrogen) atoms. The molecular formula is C14H26O5. The Morgan fingerprint density at radius 1 is 1.00 bits per heavy atom. The molecule has 112 valence electrons. The van der Waals surface area contributed by atoms with Crippen molar-refractivity contribution in [3.63, 3.8) is 0 Å². The van der Waals surface area contributed by atoms with Crippen molar-refractivity contribution in [2.75, 3.05) is 6.61 Å². The molecule has 1 unspecified atom stereocenters. The van der Waals surface area contributed by atoms with Gasteiger partial charge in [-0.25, -0.2) is 9.59 Å². The van der Waals surface area contributed by atoms with E-state index in [1.807, 2.05) is 0 Å². The molecule has 0 fully saturated rings. The third-order valence-corrected chi connectivity index (χ3v) is 2.97. The van der Waals surface area contributed by atoms with Gasteiger partial charge in [-0.2, -0.15) is 0 Å². The maximum Gasteiger partial charge on any atom is 0.417 e. The van der Waals surface area contributed by atoms with Crippen molar-refractivity contribution >= 4 is 11.9 Å². The molecule has 0 amide bonds. The van der Waals surface area contributed by atoms with Crippen LogP contribution in [0.25, 0.3) is 0 Å². The zero-order valence-electron chi connectivity index (χ0n) is 11.8. The number of carbonyl (C=O) groups is 2. The fraction of sp³-hybridized carbons (Fsp3) is 0.857. The highest BCUT2D eigenvalue weighted by Crippen LogP contribution is 2.10. The van der Waals surface area contributed by atoms with Crippen molar-refractivity contribution < 1.29 is 24.5 Å². The number of aliphatic carboxylic acids is 1. The molecule has 0 saturated carbocycles. The van der Waals surface area contributed by atoms with E-state index in [1.54, 1.807) is 0 Å². The fourth-order valence-corrected chi connectivity index (χ4v) is 1.83. The lowest BCUT2D eigenvalue weighted by atomic mass is 10.1. The molecule has 1 atom stereocenters. The Morgan fingerprint density at radius 2 is 1.53 bits per heavy atom. The average molecular weight is 274 g/mol. The number of hydrogen-bond acceptors (Lipinski definition) is 4. The second-order valence-electron chi connectivity index (χ2n) is 4.82. The Kier molecular flexibility index (Phi) is 11.3. The predicted octanol–water partition coefficient (Wildman–Crippen LogP) is 2.51. The number of hydrogen-bond donors (Lipinski definition) is 2. The summed E-state index contributed by atoms with van der Waals surface area (Å²) in [6, 6.07) is 0. The SMILES string of the molecule is CCCCCCCCCCC(O)COC(=O)C(=O)O. The summed E-state index contributed by atoms with van der Waals surface area (Å²) in [7, 11) is 0. The van der Waals surface area contributed by atoms with Crippen LogP contribution in [-0.4, -0.2) is 34.9 Å². The van der Waals surface area contributed by atoms with Gasteiger partial charge in [-0.15, -0.1) is 0 Å². The van der Waals surface area contributed by atoms with Crippen molar-refractivity contribution in [1.29, 1.82) is 0 Å². The van der Waals surface area contributed by atoms with Crippen LogP contribution in [0.15, 0.2) is 0 Å². The normalized spacial score (nSPS) is 12.1. The number of ether oxygens (including phenoxy) is 1. The van der Waals surface area contributed by atoms with E-state index in [-0.39, 0.29) is 6.61 Å². The van der Waals surface area contributed by atoms with Gasteiger partial charge in [0.25, 0.3) is 0 Å². The molecule has 0 aliphatic rings. The van der Waals surface area contributed by atoms with E-state index in [9.17, 15) is 14.7 Å². The molecule has 0 aliphatic heterocycles. The molecule has 0 bridgehead atoms. The summed E-state index contributed by atoms with van der Waals surface area (Å²) in [5.74, 6) is -2.94. The first-order valence-electron chi connectivity index (χ1n) is 7.16. The van der Waals surface area contributed by atoms with E-state index in [2.05, 4.69) is 11.7 Å². The first-order chi connectivity index (χ1) is 9.07. The van der Waals surface area contributed by atoms with Gasteiger partial charge < -0.3 is 14.9 Å². The molecular weight excluding hydrogens is 248 g/mol. The molecule has 0 saturated heterocycles. The molecule has 0 aliphatic carbocycles. The van der Waals surface area contributed by atoms with E-state index in [4.69, 9.17) is 5.11 Å². The smallest absolute Gasteiger partial charge is 0.417 e. The summed E-state index contributed by atoms with van der Waals surface area (Å²) in [5, 5.41) is 17.8. The number of esters is 1. The lowest BCUT2D eigenvalue weighted by Gasteiger charge is -2.09. The van der Waals surface area contributed by atoms with E-state index in [1.165, 1.54) is 32.1 Å². The van der Waals surface area contributed by atoms with E-state index in [0.717, 1.165) is 19.3 Å². The summed E-state index contributed by atoms with van der Waals surface area (Å²) in [6.45, 7) is 1.96. The highest BCUT2D eigenvalue weighted by molar-refractivity contribution is 6.28. The third kappa shape index (κ3) is 11.7. The third-order valence-electron chi connectivity index (χ3n) is 2.97. The molecule has 2 N–H and O–H groups in total. The monoisotopic (exact) mass is 274 g/mol. The predicted molar refractivity (Wildman–Crippen MR) is 71.8 cm³/mol. The van der Waals surface area contributed by atoms with Crippen molar-refractivity contribution in [3.05, 3.63) is 0 Å². The standard InChI is InChI=1S/C14H26O5/c1-2-3-4-5-6-7-8-9-10-12(15)11-19-14(18)13(16)17/h12,15H,2-11H2,1H3,(H,16,17). The average Bonchev–Trinajstić information content (AvgIpc) is 2.38. The molecule has 0 heterocycles. The first-order valence-corrected chi connectivity index (χ1v) is 7.16. The van der Waals surface area contributed by atoms with Crippen LogP contribution in [0.2, 0.25) is 0 Å². The Labute approximate surface area is 115 Å². The number of carboxylic acid groups (broad SMARTS) is 1. The fourth-order valence-electron chi connectivity index (χ4n) is 1.83. The molecule has 0 radical (unpaired) electrons. The van der Waals surface area contributed by atoms with Crippen LogP contribution in [0, 0.1) is 0 Å². The second kappa shape index (κ2) is 12.0. The molecule has 0 aromatic heterocycles. The van der Waals surface area contributed by atoms with Crippen LogP contribution >= 0.6 is 0 Å². The second-order valence-corrected chi connectivity index (χ2v) is 4.82. The van der Waals surface area contributed by atoms with Gasteiger partial charge in [0.15, 0.2) is 0 Å². The first kappa shape index (κ1) is 17.9. The number of carbonyl (C=O) groups excluding carboxylic acids is 1. The largest absolute Gasteiger partial charge is 0.473 e. The van der Waals surface area contributed by atoms with Crippen molar-refractivity contribution in [3.8, 4) is 0 Å². The van der Waals surface area contributed by atoms with Gasteiger partial charge in [0.2, 0.25) is 0 Å². The molecule has 0 rings (SSSR count). The lowest BCUT2D eigenvalue weighted by Crippen LogP contribution is -2.23. The molecule has 0 spiro atoms. The summed E-state index contributed by atoms with van der Waals surface area (Å²) in [4.78, 5) is 20.8. The number of aliphatic hydroxyl groups is 1. The van der Waals surface area contributed by atoms with Gasteiger partial charge in [-0.1, -0.05) is 58.3 Å². The Hall–Kier alpha value is -1.10. The van der Waals surface area contributed by atoms with Crippen LogP contribution < -0.4 is 0 Å². The summed E-state index contributed by atoms with van der Waals surface area (Å²) >= 11 is 0. The number of aliphatic hydroxyl groups excluding tert-OH is 1. The zero-order valence-corrected chi connectivity index (χ0v) is 11.8. The van der Waals surface area contributed by atoms with Gasteiger partial charge in [-0.3, -0.25) is 0 Å². The van der Waals surface area contributed by atoms with Gasteiger partial charge in [0, 0.05) is 0 Å². The number of carboxylic acids is 1. The molecule has 0 aromatic carbocycles. The number of rotatable bonds is 11. The highest BCUT2D eigenvalue weighted by atomic mass is 16.6. The quantitative estimate of drug-likeness (QED) is 0.343. The van der Waals surface area contributed by atoms with E-state index >= 15 is 0 Å². The minimum atomic E-state index is -1.63. The maximum absolute atomic E-state index is 10.6. The Balaban J connectivity index is 3.31. The van der Waals surface area contributed by atoms with Crippen LogP contribution in [0.5, 0.6) is 0 Å². The summed E-state index contributed by atoms with van der Waals surface area (Å²) < 4.78 is 4.40. The highest BCUT2D eigenvalue weighted by Gasteiger charge is 2.14. The van der Waals surface area contributed by atoms with Crippen molar-refractivity contribution in [2.45, 2.75) is 70.8 Å². The minimum absolute atomic E-state index is 0.234. The minimum Gasteiger partial charge on any atom is -0.473 e. The van der Waals surface area contributed by atoms with E-state index < -0.39 is 18.0 Å². The Bertz CT molecular complexity index is 252. The molecule has 5 nitrogen and oxygen atoms in total. The van der Waals surface area contributed by atoms with Gasteiger partial charge in [0.05, 0.1) is 6.10 Å². The maximum atomic E-state index is 10.6. The van der Waals surface area contributed by atoms with Gasteiger partial charge in [0.1, 0.15) is 6.61 Å². The molecule has 0 aromatic rings. The van der Waals surface area contributed by atoms with Crippen LogP contribution in [-0.2, 0) is 14.3 Å². The number of unbranched alkanes of at least 4 members (excludes halogenated alkanes) is 7. The van der Waals surface area contributed by atoms with Gasteiger partial charge >= 0.3 is 11.9 Å². The van der Waals surface area contributed by atoms with Crippen LogP contribution in [0.1, 0.15) is 64.7 Å². The van der Waals surface area contributed by atoms with Crippen molar-refractivity contribution in [2.24, 2.45) is 0 Å². The zero-order chi connectivity index (χ0) is 14.5. The van der Waals surface area contributed by atoms with Crippen LogP contribution in [0.3, 0.4) is 0 Å². The Morgan fingerprint density at radius 3 is 2.05 bits per heavy atom. The topological polar surface area (TPSA) is 83.8 Å². The van der Waals surface area contributed by atoms with Gasteiger partial charge in [-0.05, 0) is 6.42 Å². The lowest BCUT2D eigenvalue weighted by molar-refractivity contribution is -0.165. The summed E-state index contributed by atoms with van der Waals surface area (Å²) in [6.07, 6.45) is 9.21. The molecule has 5 heteroatoms. The van der Waals surface area contributed by atoms with Crippen LogP contribution in [0.4, 0.5) is 0 Å². The van der Waals surface area contributed by atoms with E-state index in [0.29, 0.717) is 6.42 Å². The summed E-state index contributed by atoms with van der Waals surface area (Å²) in [5.41, 5.74) is 0.